The van der Waals surface area contributed by atoms with E-state index in [0.717, 1.165) is 11.3 Å². The molecule has 2 fully saturated rings. The number of piperazine rings is 1. The van der Waals surface area contributed by atoms with Gasteiger partial charge in [-0.25, -0.2) is 4.99 Å². The van der Waals surface area contributed by atoms with E-state index in [1.807, 2.05) is 24.3 Å². The van der Waals surface area contributed by atoms with E-state index in [-0.39, 0.29) is 30.5 Å². The van der Waals surface area contributed by atoms with Gasteiger partial charge >= 0.3 is 0 Å². The number of nitrogens with two attached hydrogens (primary N) is 1. The highest BCUT2D eigenvalue weighted by Gasteiger charge is 2.52. The molecule has 2 saturated heterocycles. The Morgan fingerprint density at radius 2 is 1.90 bits per heavy atom. The molecule has 1 aromatic carbocycles. The second-order valence-corrected chi connectivity index (χ2v) is 8.35. The quantitative estimate of drug-likeness (QED) is 0.319. The second-order valence-electron chi connectivity index (χ2n) is 8.35. The molecule has 1 amide bonds. The summed E-state index contributed by atoms with van der Waals surface area (Å²) in [5.41, 5.74) is 7.68. The average molecular weight is 418 g/mol. The van der Waals surface area contributed by atoms with Gasteiger partial charge in [0.1, 0.15) is 18.0 Å². The van der Waals surface area contributed by atoms with E-state index in [1.165, 1.54) is 0 Å². The lowest BCUT2D eigenvalue weighted by Crippen LogP contribution is -2.71. The number of aliphatic hydroxyl groups is 3. The fourth-order valence-corrected chi connectivity index (χ4v) is 4.80. The van der Waals surface area contributed by atoms with Crippen LogP contribution in [0.3, 0.4) is 0 Å². The van der Waals surface area contributed by atoms with Crippen LogP contribution in [-0.4, -0.2) is 87.9 Å². The molecule has 0 aliphatic carbocycles. The van der Waals surface area contributed by atoms with Crippen LogP contribution >= 0.6 is 0 Å². The predicted molar refractivity (Wildman–Crippen MR) is 112 cm³/mol. The number of rotatable bonds is 5. The van der Waals surface area contributed by atoms with Crippen molar-refractivity contribution in [3.05, 3.63) is 29.8 Å². The predicted octanol–water partition coefficient (Wildman–Crippen LogP) is -2.09. The SMILES string of the molecule is C[C@@H]1NC2=NC(N)NC(=O)C2N2CN(c3ccc(C[C@H](O)[C@H](O)CO)cc3)[C@H](C)[C@@H]12. The first-order chi connectivity index (χ1) is 14.3. The Bertz CT molecular complexity index is 818. The lowest BCUT2D eigenvalue weighted by molar-refractivity contribution is -0.126. The summed E-state index contributed by atoms with van der Waals surface area (Å²) in [7, 11) is 0. The summed E-state index contributed by atoms with van der Waals surface area (Å²) in [5, 5.41) is 34.5. The van der Waals surface area contributed by atoms with Crippen LogP contribution in [0.2, 0.25) is 0 Å². The second kappa shape index (κ2) is 8.12. The van der Waals surface area contributed by atoms with Crippen LogP contribution in [0.5, 0.6) is 0 Å². The number of carbonyl (C=O) groups excluding carboxylic acids is 1. The summed E-state index contributed by atoms with van der Waals surface area (Å²) < 4.78 is 0. The molecule has 0 bridgehead atoms. The van der Waals surface area contributed by atoms with E-state index < -0.39 is 31.1 Å². The summed E-state index contributed by atoms with van der Waals surface area (Å²) in [4.78, 5) is 21.4. The lowest BCUT2D eigenvalue weighted by Gasteiger charge is -2.44. The minimum Gasteiger partial charge on any atom is -0.394 e. The van der Waals surface area contributed by atoms with E-state index in [0.29, 0.717) is 12.5 Å². The standard InChI is InChI=1S/C20H30N6O4/c1-10-16-11(2)25(9-26(16)17-18(22-10)23-20(21)24-19(17)30)13-5-3-12(4-6-13)7-14(28)15(29)8-27/h3-6,10-11,14-17,20,27-29H,7-9,21H2,1-2H3,(H,22,23)(H,24,30)/t10-,11+,14-,15+,16+,17?,20?/m0/s1. The highest BCUT2D eigenvalue weighted by Crippen LogP contribution is 2.33. The third-order valence-corrected chi connectivity index (χ3v) is 6.32. The summed E-state index contributed by atoms with van der Waals surface area (Å²) in [6, 6.07) is 7.68. The Balaban J connectivity index is 1.53. The summed E-state index contributed by atoms with van der Waals surface area (Å²) in [5.74, 6) is 0.480. The number of hydrogen-bond donors (Lipinski definition) is 6. The molecule has 10 heteroatoms. The van der Waals surface area contributed by atoms with Crippen molar-refractivity contribution < 1.29 is 20.1 Å². The topological polar surface area (TPSA) is 147 Å². The minimum atomic E-state index is -1.15. The Labute approximate surface area is 175 Å². The fourth-order valence-electron chi connectivity index (χ4n) is 4.80. The third-order valence-electron chi connectivity index (χ3n) is 6.32. The van der Waals surface area contributed by atoms with E-state index in [2.05, 4.69) is 39.3 Å². The zero-order valence-corrected chi connectivity index (χ0v) is 17.1. The first-order valence-electron chi connectivity index (χ1n) is 10.3. The molecule has 0 saturated carbocycles. The first kappa shape index (κ1) is 21.0. The highest BCUT2D eigenvalue weighted by atomic mass is 16.4. The molecule has 7 atom stereocenters. The van der Waals surface area contributed by atoms with Crippen LogP contribution in [0, 0.1) is 0 Å². The van der Waals surface area contributed by atoms with Gasteiger partial charge in [-0.2, -0.15) is 0 Å². The molecule has 3 aliphatic heterocycles. The van der Waals surface area contributed by atoms with Gasteiger partial charge in [-0.05, 0) is 31.5 Å². The van der Waals surface area contributed by atoms with Gasteiger partial charge in [0.15, 0.2) is 6.29 Å². The summed E-state index contributed by atoms with van der Waals surface area (Å²) >= 11 is 0. The van der Waals surface area contributed by atoms with Crippen molar-refractivity contribution in [3.8, 4) is 0 Å². The monoisotopic (exact) mass is 418 g/mol. The number of nitrogens with zero attached hydrogens (tertiary/aromatic N) is 3. The number of anilines is 1. The van der Waals surface area contributed by atoms with Crippen molar-refractivity contribution in [3.63, 3.8) is 0 Å². The normalized spacial score (nSPS) is 33.1. The van der Waals surface area contributed by atoms with Gasteiger partial charge < -0.3 is 30.9 Å². The molecule has 3 aliphatic rings. The molecule has 3 heterocycles. The Kier molecular flexibility index (Phi) is 5.69. The summed E-state index contributed by atoms with van der Waals surface area (Å²) in [6.45, 7) is 4.34. The number of carbonyl (C=O) groups is 1. The van der Waals surface area contributed by atoms with Crippen molar-refractivity contribution in [1.82, 2.24) is 15.5 Å². The van der Waals surface area contributed by atoms with Crippen LogP contribution in [0.15, 0.2) is 29.3 Å². The number of aliphatic hydroxyl groups excluding tert-OH is 3. The Morgan fingerprint density at radius 3 is 2.57 bits per heavy atom. The van der Waals surface area contributed by atoms with Crippen molar-refractivity contribution in [2.75, 3.05) is 18.2 Å². The molecule has 1 aromatic rings. The van der Waals surface area contributed by atoms with E-state index >= 15 is 0 Å². The third kappa shape index (κ3) is 3.65. The lowest BCUT2D eigenvalue weighted by atomic mass is 9.95. The maximum atomic E-state index is 12.6. The molecule has 0 spiro atoms. The van der Waals surface area contributed by atoms with Gasteiger partial charge in [-0.1, -0.05) is 12.1 Å². The smallest absolute Gasteiger partial charge is 0.247 e. The molecule has 7 N–H and O–H groups in total. The van der Waals surface area contributed by atoms with Crippen LogP contribution in [0.25, 0.3) is 0 Å². The van der Waals surface area contributed by atoms with Gasteiger partial charge in [-0.3, -0.25) is 15.4 Å². The zero-order chi connectivity index (χ0) is 21.6. The number of benzene rings is 1. The van der Waals surface area contributed by atoms with E-state index in [4.69, 9.17) is 10.8 Å². The van der Waals surface area contributed by atoms with Gasteiger partial charge in [0.2, 0.25) is 5.91 Å². The van der Waals surface area contributed by atoms with Crippen molar-refractivity contribution >= 4 is 17.4 Å². The number of amidine groups is 1. The van der Waals surface area contributed by atoms with Gasteiger partial charge in [0, 0.05) is 24.2 Å². The Hall–Kier alpha value is -2.24. The average Bonchev–Trinajstić information content (AvgIpc) is 3.05. The van der Waals surface area contributed by atoms with Crippen LogP contribution in [-0.2, 0) is 11.2 Å². The van der Waals surface area contributed by atoms with Crippen LogP contribution < -0.4 is 21.3 Å². The first-order valence-corrected chi connectivity index (χ1v) is 10.3. The maximum Gasteiger partial charge on any atom is 0.247 e. The van der Waals surface area contributed by atoms with Gasteiger partial charge in [-0.15, -0.1) is 0 Å². The van der Waals surface area contributed by atoms with Crippen LogP contribution in [0.1, 0.15) is 19.4 Å². The molecule has 0 aromatic heterocycles. The number of hydrogen-bond acceptors (Lipinski definition) is 9. The molecular formula is C20H30N6O4. The van der Waals surface area contributed by atoms with E-state index in [9.17, 15) is 15.0 Å². The molecule has 30 heavy (non-hydrogen) atoms. The largest absolute Gasteiger partial charge is 0.394 e. The van der Waals surface area contributed by atoms with Gasteiger partial charge in [0.05, 0.1) is 25.4 Å². The number of amides is 1. The zero-order valence-electron chi connectivity index (χ0n) is 17.1. The molecule has 164 valence electrons. The minimum absolute atomic E-state index is 0.104. The molecular weight excluding hydrogens is 388 g/mol. The highest BCUT2D eigenvalue weighted by molar-refractivity contribution is 6.09. The maximum absolute atomic E-state index is 12.6. The van der Waals surface area contributed by atoms with Crippen molar-refractivity contribution in [1.29, 1.82) is 0 Å². The van der Waals surface area contributed by atoms with E-state index in [1.54, 1.807) is 0 Å². The molecule has 2 unspecified atom stereocenters. The van der Waals surface area contributed by atoms with Gasteiger partial charge in [0.25, 0.3) is 0 Å². The number of fused-ring (bicyclic) bond motifs is 3. The fraction of sp³-hybridized carbons (Fsp3) is 0.600. The molecule has 4 rings (SSSR count). The Morgan fingerprint density at radius 1 is 1.20 bits per heavy atom. The summed E-state index contributed by atoms with van der Waals surface area (Å²) in [6.07, 6.45) is -2.63. The van der Waals surface area contributed by atoms with Crippen molar-refractivity contribution in [2.45, 2.75) is 62.9 Å². The number of nitrogens with one attached hydrogen (secondary N) is 2. The van der Waals surface area contributed by atoms with Crippen molar-refractivity contribution in [2.24, 2.45) is 10.7 Å². The molecule has 10 nitrogen and oxygen atoms in total. The van der Waals surface area contributed by atoms with Crippen LogP contribution in [0.4, 0.5) is 5.69 Å². The number of aliphatic imine (C=N–C) groups is 1. The molecule has 0 radical (unpaired) electrons.